The molecule has 0 spiro atoms. The molecule has 0 atom stereocenters. The van der Waals surface area contributed by atoms with Gasteiger partial charge < -0.3 is 9.88 Å². The molecule has 4 nitrogen and oxygen atoms in total. The Hall–Kier alpha value is -2.59. The van der Waals surface area contributed by atoms with Crippen molar-refractivity contribution in [3.05, 3.63) is 89.0 Å². The molecule has 0 saturated heterocycles. The fourth-order valence-corrected chi connectivity index (χ4v) is 2.81. The molecule has 0 saturated carbocycles. The summed E-state index contributed by atoms with van der Waals surface area (Å²) in [4.78, 5) is 16.0. The smallest absolute Gasteiger partial charge is 0.220 e. The summed E-state index contributed by atoms with van der Waals surface area (Å²) in [6.07, 6.45) is 6.66. The van der Waals surface area contributed by atoms with E-state index in [-0.39, 0.29) is 5.91 Å². The SMILES string of the molecule is O=C(CCc1cccc(Cl)c1)NCc1ccc(Cn2ccnc2)cc1. The number of hydrogen-bond acceptors (Lipinski definition) is 2. The number of nitrogens with one attached hydrogen (secondary N) is 1. The van der Waals surface area contributed by atoms with Gasteiger partial charge in [0.05, 0.1) is 6.33 Å². The molecule has 0 radical (unpaired) electrons. The number of nitrogens with zero attached hydrogens (tertiary/aromatic N) is 2. The zero-order valence-electron chi connectivity index (χ0n) is 13.9. The number of amides is 1. The van der Waals surface area contributed by atoms with E-state index in [4.69, 9.17) is 11.6 Å². The molecule has 0 fully saturated rings. The van der Waals surface area contributed by atoms with Crippen molar-refractivity contribution in [3.63, 3.8) is 0 Å². The van der Waals surface area contributed by atoms with Gasteiger partial charge in [-0.1, -0.05) is 48.0 Å². The summed E-state index contributed by atoms with van der Waals surface area (Å²) in [5.74, 6) is 0.0440. The molecule has 0 bridgehead atoms. The van der Waals surface area contributed by atoms with Gasteiger partial charge in [-0.3, -0.25) is 4.79 Å². The number of rotatable bonds is 7. The zero-order chi connectivity index (χ0) is 17.5. The van der Waals surface area contributed by atoms with E-state index in [1.54, 1.807) is 12.5 Å². The van der Waals surface area contributed by atoms with Gasteiger partial charge in [0.1, 0.15) is 0 Å². The lowest BCUT2D eigenvalue weighted by Gasteiger charge is -2.07. The first-order chi connectivity index (χ1) is 12.2. The van der Waals surface area contributed by atoms with Crippen LogP contribution in [0.5, 0.6) is 0 Å². The fourth-order valence-electron chi connectivity index (χ4n) is 2.59. The number of imidazole rings is 1. The zero-order valence-corrected chi connectivity index (χ0v) is 14.6. The summed E-state index contributed by atoms with van der Waals surface area (Å²) in [6, 6.07) is 15.9. The van der Waals surface area contributed by atoms with Gasteiger partial charge in [-0.2, -0.15) is 0 Å². The van der Waals surface area contributed by atoms with E-state index in [1.165, 1.54) is 5.56 Å². The van der Waals surface area contributed by atoms with Crippen LogP contribution < -0.4 is 5.32 Å². The molecule has 1 N–H and O–H groups in total. The summed E-state index contributed by atoms with van der Waals surface area (Å²) in [6.45, 7) is 1.34. The van der Waals surface area contributed by atoms with E-state index >= 15 is 0 Å². The Bertz CT molecular complexity index is 813. The lowest BCUT2D eigenvalue weighted by Crippen LogP contribution is -2.23. The first kappa shape index (κ1) is 17.2. The Morgan fingerprint density at radius 1 is 1.08 bits per heavy atom. The molecule has 0 aliphatic carbocycles. The third-order valence-corrected chi connectivity index (χ3v) is 4.20. The number of halogens is 1. The Kier molecular flexibility index (Phi) is 5.86. The van der Waals surface area contributed by atoms with Gasteiger partial charge in [0.2, 0.25) is 5.91 Å². The van der Waals surface area contributed by atoms with Crippen LogP contribution in [0.2, 0.25) is 5.02 Å². The number of aromatic nitrogens is 2. The normalized spacial score (nSPS) is 10.6. The second kappa shape index (κ2) is 8.49. The van der Waals surface area contributed by atoms with Crippen LogP contribution in [0.4, 0.5) is 0 Å². The minimum Gasteiger partial charge on any atom is -0.352 e. The van der Waals surface area contributed by atoms with Crippen molar-refractivity contribution in [3.8, 4) is 0 Å². The highest BCUT2D eigenvalue weighted by molar-refractivity contribution is 6.30. The standard InChI is InChI=1S/C20H20ClN3O/c21-19-3-1-2-16(12-19)8-9-20(25)23-13-17-4-6-18(7-5-17)14-24-11-10-22-15-24/h1-7,10-12,15H,8-9,13-14H2,(H,23,25). The summed E-state index contributed by atoms with van der Waals surface area (Å²) in [5, 5.41) is 3.66. The molecule has 128 valence electrons. The van der Waals surface area contributed by atoms with Crippen molar-refractivity contribution >= 4 is 17.5 Å². The maximum atomic E-state index is 12.0. The molecule has 0 aliphatic rings. The van der Waals surface area contributed by atoms with Crippen LogP contribution >= 0.6 is 11.6 Å². The first-order valence-corrected chi connectivity index (χ1v) is 8.61. The number of carbonyl (C=O) groups is 1. The molecule has 5 heteroatoms. The van der Waals surface area contributed by atoms with Gasteiger partial charge in [-0.15, -0.1) is 0 Å². The van der Waals surface area contributed by atoms with Crippen LogP contribution in [0.1, 0.15) is 23.1 Å². The second-order valence-corrected chi connectivity index (χ2v) is 6.39. The molecule has 25 heavy (non-hydrogen) atoms. The largest absolute Gasteiger partial charge is 0.352 e. The minimum absolute atomic E-state index is 0.0440. The monoisotopic (exact) mass is 353 g/mol. The van der Waals surface area contributed by atoms with Gasteiger partial charge in [-0.05, 0) is 35.2 Å². The topological polar surface area (TPSA) is 46.9 Å². The van der Waals surface area contributed by atoms with Crippen LogP contribution in [0.15, 0.2) is 67.3 Å². The molecular formula is C20H20ClN3O. The van der Waals surface area contributed by atoms with Gasteiger partial charge in [0.25, 0.3) is 0 Å². The van der Waals surface area contributed by atoms with Crippen molar-refractivity contribution in [1.29, 1.82) is 0 Å². The van der Waals surface area contributed by atoms with E-state index in [9.17, 15) is 4.79 Å². The Morgan fingerprint density at radius 3 is 2.60 bits per heavy atom. The fraction of sp³-hybridized carbons (Fsp3) is 0.200. The minimum atomic E-state index is 0.0440. The van der Waals surface area contributed by atoms with Crippen molar-refractivity contribution in [2.75, 3.05) is 0 Å². The second-order valence-electron chi connectivity index (χ2n) is 5.96. The van der Waals surface area contributed by atoms with Crippen LogP contribution in [-0.2, 0) is 24.3 Å². The van der Waals surface area contributed by atoms with Crippen molar-refractivity contribution in [2.45, 2.75) is 25.9 Å². The third kappa shape index (κ3) is 5.47. The lowest BCUT2D eigenvalue weighted by molar-refractivity contribution is -0.121. The predicted octanol–water partition coefficient (Wildman–Crippen LogP) is 3.83. The van der Waals surface area contributed by atoms with Crippen LogP contribution in [-0.4, -0.2) is 15.5 Å². The van der Waals surface area contributed by atoms with Crippen LogP contribution in [0, 0.1) is 0 Å². The summed E-state index contributed by atoms with van der Waals surface area (Å²) < 4.78 is 2.02. The van der Waals surface area contributed by atoms with Crippen LogP contribution in [0.25, 0.3) is 0 Å². The highest BCUT2D eigenvalue weighted by Gasteiger charge is 2.03. The molecule has 1 amide bonds. The average Bonchev–Trinajstić information content (AvgIpc) is 3.12. The first-order valence-electron chi connectivity index (χ1n) is 8.24. The van der Waals surface area contributed by atoms with Gasteiger partial charge in [-0.25, -0.2) is 4.98 Å². The molecule has 0 aliphatic heterocycles. The Morgan fingerprint density at radius 2 is 1.88 bits per heavy atom. The predicted molar refractivity (Wildman–Crippen MR) is 99.4 cm³/mol. The van der Waals surface area contributed by atoms with Gasteiger partial charge in [0, 0.05) is 36.9 Å². The molecule has 3 rings (SSSR count). The molecule has 1 heterocycles. The number of carbonyl (C=O) groups excluding carboxylic acids is 1. The Balaban J connectivity index is 1.44. The quantitative estimate of drug-likeness (QED) is 0.701. The van der Waals surface area contributed by atoms with E-state index in [0.717, 1.165) is 17.7 Å². The van der Waals surface area contributed by atoms with E-state index in [2.05, 4.69) is 22.4 Å². The van der Waals surface area contributed by atoms with Crippen molar-refractivity contribution in [2.24, 2.45) is 0 Å². The highest BCUT2D eigenvalue weighted by Crippen LogP contribution is 2.12. The Labute approximate surface area is 152 Å². The summed E-state index contributed by atoms with van der Waals surface area (Å²) in [7, 11) is 0. The number of hydrogen-bond donors (Lipinski definition) is 1. The van der Waals surface area contributed by atoms with Crippen molar-refractivity contribution < 1.29 is 4.79 Å². The molecule has 3 aromatic rings. The third-order valence-electron chi connectivity index (χ3n) is 3.97. The molecular weight excluding hydrogens is 334 g/mol. The van der Waals surface area contributed by atoms with E-state index < -0.39 is 0 Å². The van der Waals surface area contributed by atoms with E-state index in [1.807, 2.05) is 47.2 Å². The number of aryl methyl sites for hydroxylation is 1. The van der Waals surface area contributed by atoms with Gasteiger partial charge in [0.15, 0.2) is 0 Å². The van der Waals surface area contributed by atoms with Crippen molar-refractivity contribution in [1.82, 2.24) is 14.9 Å². The summed E-state index contributed by atoms with van der Waals surface area (Å²) >= 11 is 5.95. The molecule has 1 aromatic heterocycles. The lowest BCUT2D eigenvalue weighted by atomic mass is 10.1. The van der Waals surface area contributed by atoms with Crippen LogP contribution in [0.3, 0.4) is 0 Å². The molecule has 2 aromatic carbocycles. The maximum absolute atomic E-state index is 12.0. The maximum Gasteiger partial charge on any atom is 0.220 e. The summed E-state index contributed by atoms with van der Waals surface area (Å²) in [5.41, 5.74) is 3.37. The van der Waals surface area contributed by atoms with E-state index in [0.29, 0.717) is 24.4 Å². The number of benzene rings is 2. The molecule has 0 unspecified atom stereocenters. The highest BCUT2D eigenvalue weighted by atomic mass is 35.5. The average molecular weight is 354 g/mol. The van der Waals surface area contributed by atoms with Gasteiger partial charge >= 0.3 is 0 Å².